The van der Waals surface area contributed by atoms with E-state index in [1.54, 1.807) is 0 Å². The lowest BCUT2D eigenvalue weighted by Gasteiger charge is -2.18. The molecule has 2 aromatic rings. The zero-order valence-electron chi connectivity index (χ0n) is 10.8. The normalized spacial score (nSPS) is 13.6. The predicted octanol–water partition coefficient (Wildman–Crippen LogP) is 0.825. The van der Waals surface area contributed by atoms with Crippen molar-refractivity contribution in [3.05, 3.63) is 34.9 Å². The zero-order valence-corrected chi connectivity index (χ0v) is 10.8. The number of aromatic nitrogens is 2. The van der Waals surface area contributed by atoms with Crippen LogP contribution in [0.2, 0.25) is 0 Å². The van der Waals surface area contributed by atoms with Crippen molar-refractivity contribution in [2.75, 3.05) is 18.0 Å². The minimum atomic E-state index is 0.0795. The minimum absolute atomic E-state index is 0.0795. The molecule has 0 atom stereocenters. The summed E-state index contributed by atoms with van der Waals surface area (Å²) in [6.07, 6.45) is 0.959. The summed E-state index contributed by atoms with van der Waals surface area (Å²) in [5.41, 5.74) is 15.5. The molecule has 0 saturated carbocycles. The Hall–Kier alpha value is -2.65. The number of hydrogen-bond donors (Lipinski definition) is 3. The SMILES string of the molecule is N#Cc1c(N)nc(N)nc1-c1ccc2c(c1)CCNC2. The van der Waals surface area contributed by atoms with E-state index in [9.17, 15) is 5.26 Å². The van der Waals surface area contributed by atoms with E-state index < -0.39 is 0 Å². The molecule has 6 heteroatoms. The number of anilines is 2. The molecule has 1 aliphatic rings. The van der Waals surface area contributed by atoms with Crippen LogP contribution in [-0.2, 0) is 13.0 Å². The molecule has 3 rings (SSSR count). The fourth-order valence-corrected chi connectivity index (χ4v) is 2.44. The maximum Gasteiger partial charge on any atom is 0.222 e. The Bertz CT molecular complexity index is 716. The summed E-state index contributed by atoms with van der Waals surface area (Å²) in [5, 5.41) is 12.6. The maximum atomic E-state index is 9.23. The molecule has 5 N–H and O–H groups in total. The van der Waals surface area contributed by atoms with E-state index in [0.717, 1.165) is 25.1 Å². The van der Waals surface area contributed by atoms with E-state index in [1.807, 2.05) is 12.1 Å². The second-order valence-electron chi connectivity index (χ2n) is 4.71. The van der Waals surface area contributed by atoms with Crippen molar-refractivity contribution in [1.29, 1.82) is 5.26 Å². The Labute approximate surface area is 116 Å². The number of nitrogen functional groups attached to an aromatic ring is 2. The van der Waals surface area contributed by atoms with Gasteiger partial charge in [-0.3, -0.25) is 0 Å². The van der Waals surface area contributed by atoms with Crippen molar-refractivity contribution in [1.82, 2.24) is 15.3 Å². The number of benzene rings is 1. The number of nitriles is 1. The lowest BCUT2D eigenvalue weighted by Crippen LogP contribution is -2.23. The van der Waals surface area contributed by atoms with Crippen molar-refractivity contribution in [3.8, 4) is 17.3 Å². The lowest BCUT2D eigenvalue weighted by molar-refractivity contribution is 0.644. The monoisotopic (exact) mass is 266 g/mol. The Morgan fingerprint density at radius 2 is 2.05 bits per heavy atom. The minimum Gasteiger partial charge on any atom is -0.382 e. The van der Waals surface area contributed by atoms with Crippen LogP contribution in [-0.4, -0.2) is 16.5 Å². The van der Waals surface area contributed by atoms with Crippen LogP contribution in [0.25, 0.3) is 11.3 Å². The molecule has 20 heavy (non-hydrogen) atoms. The first-order valence-corrected chi connectivity index (χ1v) is 6.35. The molecule has 0 unspecified atom stereocenters. The van der Waals surface area contributed by atoms with Gasteiger partial charge in [0.2, 0.25) is 5.95 Å². The van der Waals surface area contributed by atoms with E-state index in [1.165, 1.54) is 11.1 Å². The summed E-state index contributed by atoms with van der Waals surface area (Å²) in [7, 11) is 0. The van der Waals surface area contributed by atoms with Crippen LogP contribution in [0.5, 0.6) is 0 Å². The highest BCUT2D eigenvalue weighted by Gasteiger charge is 2.15. The third-order valence-corrected chi connectivity index (χ3v) is 3.43. The molecule has 0 amide bonds. The summed E-state index contributed by atoms with van der Waals surface area (Å²) < 4.78 is 0. The Morgan fingerprint density at radius 3 is 2.85 bits per heavy atom. The molecule has 1 aliphatic heterocycles. The fraction of sp³-hybridized carbons (Fsp3) is 0.214. The number of rotatable bonds is 1. The van der Waals surface area contributed by atoms with Crippen molar-refractivity contribution in [2.45, 2.75) is 13.0 Å². The van der Waals surface area contributed by atoms with E-state index in [-0.39, 0.29) is 17.3 Å². The molecule has 6 nitrogen and oxygen atoms in total. The largest absolute Gasteiger partial charge is 0.382 e. The van der Waals surface area contributed by atoms with Crippen LogP contribution >= 0.6 is 0 Å². The zero-order chi connectivity index (χ0) is 14.1. The summed E-state index contributed by atoms with van der Waals surface area (Å²) in [5.74, 6) is 0.199. The highest BCUT2D eigenvalue weighted by molar-refractivity contribution is 5.73. The smallest absolute Gasteiger partial charge is 0.222 e. The molecule has 0 spiro atoms. The van der Waals surface area contributed by atoms with E-state index in [0.29, 0.717) is 5.69 Å². The van der Waals surface area contributed by atoms with Gasteiger partial charge in [-0.05, 0) is 30.2 Å². The summed E-state index contributed by atoms with van der Waals surface area (Å²) in [4.78, 5) is 8.00. The molecule has 1 aromatic carbocycles. The lowest BCUT2D eigenvalue weighted by atomic mass is 9.96. The van der Waals surface area contributed by atoms with Crippen molar-refractivity contribution in [2.24, 2.45) is 0 Å². The molecule has 0 aliphatic carbocycles. The number of hydrogen-bond acceptors (Lipinski definition) is 6. The van der Waals surface area contributed by atoms with Gasteiger partial charge in [-0.1, -0.05) is 12.1 Å². The van der Waals surface area contributed by atoms with Crippen LogP contribution in [0.4, 0.5) is 11.8 Å². The van der Waals surface area contributed by atoms with E-state index in [4.69, 9.17) is 11.5 Å². The standard InChI is InChI=1S/C14H14N6/c15-6-11-12(19-14(17)20-13(11)16)9-1-2-10-7-18-4-3-8(10)5-9/h1-2,5,18H,3-4,7H2,(H4,16,17,19,20). The third kappa shape index (κ3) is 2.04. The molecule has 0 bridgehead atoms. The first-order chi connectivity index (χ1) is 9.69. The van der Waals surface area contributed by atoms with Gasteiger partial charge in [-0.15, -0.1) is 0 Å². The first kappa shape index (κ1) is 12.4. The summed E-state index contributed by atoms with van der Waals surface area (Å²) in [6.45, 7) is 1.82. The summed E-state index contributed by atoms with van der Waals surface area (Å²) >= 11 is 0. The van der Waals surface area contributed by atoms with Crippen molar-refractivity contribution < 1.29 is 0 Å². The van der Waals surface area contributed by atoms with Gasteiger partial charge in [-0.2, -0.15) is 10.2 Å². The quantitative estimate of drug-likeness (QED) is 0.704. The Kier molecular flexibility index (Phi) is 2.97. The van der Waals surface area contributed by atoms with E-state index >= 15 is 0 Å². The average molecular weight is 266 g/mol. The van der Waals surface area contributed by atoms with Gasteiger partial charge in [0.25, 0.3) is 0 Å². The Balaban J connectivity index is 2.16. The van der Waals surface area contributed by atoms with Crippen LogP contribution < -0.4 is 16.8 Å². The molecular weight excluding hydrogens is 252 g/mol. The van der Waals surface area contributed by atoms with Gasteiger partial charge in [0.1, 0.15) is 17.5 Å². The molecule has 0 saturated heterocycles. The van der Waals surface area contributed by atoms with Gasteiger partial charge in [0.15, 0.2) is 0 Å². The highest BCUT2D eigenvalue weighted by Crippen LogP contribution is 2.28. The average Bonchev–Trinajstić information content (AvgIpc) is 2.46. The molecule has 2 heterocycles. The maximum absolute atomic E-state index is 9.23. The van der Waals surface area contributed by atoms with Crippen LogP contribution in [0.1, 0.15) is 16.7 Å². The van der Waals surface area contributed by atoms with Gasteiger partial charge in [0.05, 0.1) is 5.69 Å². The molecular formula is C14H14N6. The molecule has 0 radical (unpaired) electrons. The van der Waals surface area contributed by atoms with Crippen LogP contribution in [0, 0.1) is 11.3 Å². The first-order valence-electron chi connectivity index (χ1n) is 6.35. The fourth-order valence-electron chi connectivity index (χ4n) is 2.44. The second-order valence-corrected chi connectivity index (χ2v) is 4.71. The highest BCUT2D eigenvalue weighted by atomic mass is 15.0. The Morgan fingerprint density at radius 1 is 1.20 bits per heavy atom. The number of nitrogens with zero attached hydrogens (tertiary/aromatic N) is 3. The van der Waals surface area contributed by atoms with Crippen molar-refractivity contribution >= 4 is 11.8 Å². The molecule has 0 fully saturated rings. The van der Waals surface area contributed by atoms with Gasteiger partial charge in [-0.25, -0.2) is 4.98 Å². The van der Waals surface area contributed by atoms with Crippen LogP contribution in [0.3, 0.4) is 0 Å². The van der Waals surface area contributed by atoms with Gasteiger partial charge in [0, 0.05) is 12.1 Å². The van der Waals surface area contributed by atoms with Gasteiger partial charge >= 0.3 is 0 Å². The molecule has 100 valence electrons. The van der Waals surface area contributed by atoms with Crippen LogP contribution in [0.15, 0.2) is 18.2 Å². The van der Waals surface area contributed by atoms with Gasteiger partial charge < -0.3 is 16.8 Å². The number of nitrogens with one attached hydrogen (secondary N) is 1. The second kappa shape index (κ2) is 4.79. The summed E-state index contributed by atoms with van der Waals surface area (Å²) in [6, 6.07) is 8.09. The van der Waals surface area contributed by atoms with E-state index in [2.05, 4.69) is 27.4 Å². The number of nitrogens with two attached hydrogens (primary N) is 2. The van der Waals surface area contributed by atoms with Crippen molar-refractivity contribution in [3.63, 3.8) is 0 Å². The third-order valence-electron chi connectivity index (χ3n) is 3.43. The topological polar surface area (TPSA) is 114 Å². The molecule has 1 aromatic heterocycles. The predicted molar refractivity (Wildman–Crippen MR) is 76.4 cm³/mol. The number of fused-ring (bicyclic) bond motifs is 1.